The Balaban J connectivity index is 1.60. The lowest BCUT2D eigenvalue weighted by Crippen LogP contribution is -2.17. The number of ketones is 1. The Kier molecular flexibility index (Phi) is 5.30. The Morgan fingerprint density at radius 2 is 1.73 bits per heavy atom. The molecule has 5 nitrogen and oxygen atoms in total. The molecule has 0 bridgehead atoms. The first-order valence-corrected chi connectivity index (χ1v) is 9.43. The van der Waals surface area contributed by atoms with Gasteiger partial charge in [-0.05, 0) is 61.0 Å². The van der Waals surface area contributed by atoms with Crippen LogP contribution in [0.4, 0.5) is 15.8 Å². The number of benzene rings is 3. The molecule has 3 aromatic carbocycles. The van der Waals surface area contributed by atoms with Gasteiger partial charge in [0.15, 0.2) is 5.78 Å². The number of anilines is 2. The van der Waals surface area contributed by atoms with Gasteiger partial charge >= 0.3 is 0 Å². The van der Waals surface area contributed by atoms with Gasteiger partial charge in [-0.1, -0.05) is 24.3 Å². The Labute approximate surface area is 172 Å². The minimum Gasteiger partial charge on any atom is -0.449 e. The monoisotopic (exact) mass is 402 g/mol. The van der Waals surface area contributed by atoms with Gasteiger partial charge in [0, 0.05) is 16.6 Å². The normalized spacial score (nSPS) is 10.7. The summed E-state index contributed by atoms with van der Waals surface area (Å²) in [6, 6.07) is 20.0. The number of amides is 1. The van der Waals surface area contributed by atoms with Gasteiger partial charge in [0.2, 0.25) is 5.76 Å². The van der Waals surface area contributed by atoms with E-state index in [1.165, 1.54) is 24.3 Å². The zero-order valence-electron chi connectivity index (χ0n) is 16.2. The number of rotatable bonds is 6. The second-order valence-corrected chi connectivity index (χ2v) is 6.91. The second kappa shape index (κ2) is 8.21. The fraction of sp³-hybridized carbons (Fsp3) is 0.0833. The summed E-state index contributed by atoms with van der Waals surface area (Å²) in [5.41, 5.74) is 3.01. The number of carbonyl (C=O) groups excluding carboxylic acids is 2. The zero-order valence-corrected chi connectivity index (χ0v) is 16.2. The first-order valence-electron chi connectivity index (χ1n) is 9.43. The molecule has 0 aliphatic heterocycles. The molecule has 1 aromatic heterocycles. The van der Waals surface area contributed by atoms with Crippen molar-refractivity contribution in [3.05, 3.63) is 95.5 Å². The van der Waals surface area contributed by atoms with E-state index in [0.717, 1.165) is 5.56 Å². The number of furan rings is 1. The second-order valence-electron chi connectivity index (χ2n) is 6.91. The lowest BCUT2D eigenvalue weighted by molar-refractivity contribution is 0.0991. The van der Waals surface area contributed by atoms with Crippen LogP contribution in [-0.2, 0) is 0 Å². The van der Waals surface area contributed by atoms with Gasteiger partial charge in [-0.3, -0.25) is 9.59 Å². The van der Waals surface area contributed by atoms with Gasteiger partial charge in [0.25, 0.3) is 5.91 Å². The summed E-state index contributed by atoms with van der Waals surface area (Å²) >= 11 is 0. The third kappa shape index (κ3) is 4.07. The highest BCUT2D eigenvalue weighted by Gasteiger charge is 2.21. The van der Waals surface area contributed by atoms with Crippen LogP contribution in [0.2, 0.25) is 0 Å². The molecule has 0 aliphatic carbocycles. The van der Waals surface area contributed by atoms with Crippen molar-refractivity contribution in [1.29, 1.82) is 0 Å². The number of nitrogens with one attached hydrogen (secondary N) is 2. The Hall–Kier alpha value is -3.93. The molecular formula is C24H19FN2O3. The number of fused-ring (bicyclic) bond motifs is 1. The Morgan fingerprint density at radius 3 is 2.50 bits per heavy atom. The van der Waals surface area contributed by atoms with Crippen molar-refractivity contribution in [2.75, 3.05) is 17.2 Å². The molecule has 0 unspecified atom stereocenters. The number of hydrogen-bond donors (Lipinski definition) is 2. The molecule has 1 amide bonds. The number of Topliss-reactive ketones (excluding diaryl/α,β-unsaturated/α-hetero) is 1. The minimum atomic E-state index is -0.423. The van der Waals surface area contributed by atoms with Gasteiger partial charge in [-0.2, -0.15) is 0 Å². The molecule has 0 radical (unpaired) electrons. The van der Waals surface area contributed by atoms with E-state index in [-0.39, 0.29) is 18.1 Å². The minimum absolute atomic E-state index is 0.0696. The molecule has 0 saturated carbocycles. The summed E-state index contributed by atoms with van der Waals surface area (Å²) in [5, 5.41) is 6.55. The maximum Gasteiger partial charge on any atom is 0.293 e. The van der Waals surface area contributed by atoms with Crippen LogP contribution in [0.3, 0.4) is 0 Å². The maximum absolute atomic E-state index is 13.1. The highest BCUT2D eigenvalue weighted by atomic mass is 19.1. The highest BCUT2D eigenvalue weighted by Crippen LogP contribution is 2.31. The Morgan fingerprint density at radius 1 is 0.967 bits per heavy atom. The van der Waals surface area contributed by atoms with Gasteiger partial charge in [0.05, 0.1) is 12.2 Å². The lowest BCUT2D eigenvalue weighted by atomic mass is 10.1. The summed E-state index contributed by atoms with van der Waals surface area (Å²) in [5.74, 6) is -0.973. The van der Waals surface area contributed by atoms with Gasteiger partial charge < -0.3 is 15.1 Å². The SMILES string of the molecule is Cc1cccc(NC(=O)c2oc3ccccc3c2NCC(=O)c2ccc(F)cc2)c1. The van der Waals surface area contributed by atoms with Crippen LogP contribution < -0.4 is 10.6 Å². The van der Waals surface area contributed by atoms with E-state index in [1.807, 2.05) is 43.3 Å². The lowest BCUT2D eigenvalue weighted by Gasteiger charge is -2.08. The number of carbonyl (C=O) groups is 2. The third-order valence-electron chi connectivity index (χ3n) is 4.67. The van der Waals surface area contributed by atoms with Crippen molar-refractivity contribution < 1.29 is 18.4 Å². The number of hydrogen-bond acceptors (Lipinski definition) is 4. The van der Waals surface area contributed by atoms with Crippen LogP contribution >= 0.6 is 0 Å². The predicted molar refractivity (Wildman–Crippen MR) is 115 cm³/mol. The summed E-state index contributed by atoms with van der Waals surface area (Å²) in [6.07, 6.45) is 0. The molecule has 4 aromatic rings. The largest absolute Gasteiger partial charge is 0.449 e. The van der Waals surface area contributed by atoms with Crippen molar-refractivity contribution in [3.63, 3.8) is 0 Å². The number of halogens is 1. The van der Waals surface area contributed by atoms with E-state index in [1.54, 1.807) is 12.1 Å². The zero-order chi connectivity index (χ0) is 21.1. The molecular weight excluding hydrogens is 383 g/mol. The van der Waals surface area contributed by atoms with Crippen molar-refractivity contribution >= 4 is 34.0 Å². The molecule has 2 N–H and O–H groups in total. The van der Waals surface area contributed by atoms with Crippen molar-refractivity contribution in [2.24, 2.45) is 0 Å². The summed E-state index contributed by atoms with van der Waals surface area (Å²) in [7, 11) is 0. The van der Waals surface area contributed by atoms with E-state index in [2.05, 4.69) is 10.6 Å². The van der Waals surface area contributed by atoms with E-state index in [4.69, 9.17) is 4.42 Å². The molecule has 6 heteroatoms. The molecule has 0 fully saturated rings. The maximum atomic E-state index is 13.1. The fourth-order valence-corrected chi connectivity index (χ4v) is 3.20. The van der Waals surface area contributed by atoms with Crippen molar-refractivity contribution in [3.8, 4) is 0 Å². The van der Waals surface area contributed by atoms with Gasteiger partial charge in [-0.15, -0.1) is 0 Å². The number of para-hydroxylation sites is 1. The highest BCUT2D eigenvalue weighted by molar-refractivity contribution is 6.12. The molecule has 30 heavy (non-hydrogen) atoms. The van der Waals surface area contributed by atoms with E-state index in [0.29, 0.717) is 27.9 Å². The summed E-state index contributed by atoms with van der Waals surface area (Å²) in [6.45, 7) is 1.87. The van der Waals surface area contributed by atoms with Gasteiger partial charge in [-0.25, -0.2) is 4.39 Å². The van der Waals surface area contributed by atoms with Crippen molar-refractivity contribution in [2.45, 2.75) is 6.92 Å². The first kappa shape index (κ1) is 19.4. The molecule has 0 aliphatic rings. The number of aryl methyl sites for hydroxylation is 1. The molecule has 4 rings (SSSR count). The molecule has 0 atom stereocenters. The van der Waals surface area contributed by atoms with Crippen LogP contribution in [0.5, 0.6) is 0 Å². The Bertz CT molecular complexity index is 1230. The smallest absolute Gasteiger partial charge is 0.293 e. The molecule has 0 saturated heterocycles. The standard InChI is InChI=1S/C24H19FN2O3/c1-15-5-4-6-18(13-15)27-24(29)23-22(19-7-2-3-8-21(19)30-23)26-14-20(28)16-9-11-17(25)12-10-16/h2-13,26H,14H2,1H3,(H,27,29). The van der Waals surface area contributed by atoms with Crippen LogP contribution in [0.1, 0.15) is 26.5 Å². The van der Waals surface area contributed by atoms with Crippen LogP contribution in [0, 0.1) is 12.7 Å². The first-order chi connectivity index (χ1) is 14.5. The van der Waals surface area contributed by atoms with E-state index in [9.17, 15) is 14.0 Å². The van der Waals surface area contributed by atoms with E-state index < -0.39 is 11.7 Å². The molecule has 1 heterocycles. The average molecular weight is 402 g/mol. The van der Waals surface area contributed by atoms with Crippen molar-refractivity contribution in [1.82, 2.24) is 0 Å². The topological polar surface area (TPSA) is 71.3 Å². The predicted octanol–water partition coefficient (Wildman–Crippen LogP) is 5.43. The fourth-order valence-electron chi connectivity index (χ4n) is 3.20. The van der Waals surface area contributed by atoms with E-state index >= 15 is 0 Å². The quantitative estimate of drug-likeness (QED) is 0.422. The molecule has 150 valence electrons. The van der Waals surface area contributed by atoms with Gasteiger partial charge in [0.1, 0.15) is 11.4 Å². The third-order valence-corrected chi connectivity index (χ3v) is 4.67. The van der Waals surface area contributed by atoms with Crippen LogP contribution in [-0.4, -0.2) is 18.2 Å². The molecule has 0 spiro atoms. The van der Waals surface area contributed by atoms with Crippen LogP contribution in [0.15, 0.2) is 77.2 Å². The summed E-state index contributed by atoms with van der Waals surface area (Å²) < 4.78 is 18.9. The average Bonchev–Trinajstić information content (AvgIpc) is 3.11. The van der Waals surface area contributed by atoms with Crippen LogP contribution in [0.25, 0.3) is 11.0 Å². The summed E-state index contributed by atoms with van der Waals surface area (Å²) in [4.78, 5) is 25.4.